The molecular formula is C12H14N2O2. The van der Waals surface area contributed by atoms with E-state index in [-0.39, 0.29) is 0 Å². The SMILES string of the molecule is COc1ccc(Cc2ncc(C)o2)cc1N. The summed E-state index contributed by atoms with van der Waals surface area (Å²) in [4.78, 5) is 4.14. The minimum absolute atomic E-state index is 0.628. The lowest BCUT2D eigenvalue weighted by Gasteiger charge is -2.05. The molecule has 16 heavy (non-hydrogen) atoms. The number of hydrogen-bond donors (Lipinski definition) is 1. The Morgan fingerprint density at radius 2 is 2.25 bits per heavy atom. The monoisotopic (exact) mass is 218 g/mol. The Balaban J connectivity index is 2.19. The number of methoxy groups -OCH3 is 1. The third-order valence-corrected chi connectivity index (χ3v) is 2.32. The van der Waals surface area contributed by atoms with Crippen molar-refractivity contribution in [1.29, 1.82) is 0 Å². The predicted molar refractivity (Wildman–Crippen MR) is 61.5 cm³/mol. The maximum atomic E-state index is 5.81. The molecule has 2 aromatic rings. The Kier molecular flexibility index (Phi) is 2.81. The molecule has 2 N–H and O–H groups in total. The molecular weight excluding hydrogens is 204 g/mol. The fourth-order valence-electron chi connectivity index (χ4n) is 1.55. The maximum Gasteiger partial charge on any atom is 0.198 e. The number of anilines is 1. The molecule has 0 unspecified atom stereocenters. The van der Waals surface area contributed by atoms with Crippen LogP contribution in [0.2, 0.25) is 0 Å². The summed E-state index contributed by atoms with van der Waals surface area (Å²) >= 11 is 0. The topological polar surface area (TPSA) is 61.3 Å². The van der Waals surface area contributed by atoms with Crippen LogP contribution in [0.5, 0.6) is 5.75 Å². The highest BCUT2D eigenvalue weighted by Gasteiger charge is 2.05. The van der Waals surface area contributed by atoms with E-state index in [0.717, 1.165) is 11.3 Å². The van der Waals surface area contributed by atoms with Gasteiger partial charge in [0.15, 0.2) is 5.89 Å². The van der Waals surface area contributed by atoms with E-state index in [1.165, 1.54) is 0 Å². The normalized spacial score (nSPS) is 10.4. The van der Waals surface area contributed by atoms with Gasteiger partial charge in [0.25, 0.3) is 0 Å². The first-order valence-electron chi connectivity index (χ1n) is 5.02. The Labute approximate surface area is 94.1 Å². The van der Waals surface area contributed by atoms with Crippen molar-refractivity contribution in [3.8, 4) is 5.75 Å². The van der Waals surface area contributed by atoms with Gasteiger partial charge in [-0.05, 0) is 24.6 Å². The standard InChI is InChI=1S/C12H14N2O2/c1-8-7-14-12(16-8)6-9-3-4-11(15-2)10(13)5-9/h3-5,7H,6,13H2,1-2H3. The van der Waals surface area contributed by atoms with Crippen LogP contribution in [0.15, 0.2) is 28.8 Å². The lowest BCUT2D eigenvalue weighted by Crippen LogP contribution is -1.95. The molecule has 0 spiro atoms. The van der Waals surface area contributed by atoms with Crippen LogP contribution in [0.3, 0.4) is 0 Å². The molecule has 0 atom stereocenters. The summed E-state index contributed by atoms with van der Waals surface area (Å²) in [5.74, 6) is 2.20. The Morgan fingerprint density at radius 3 is 2.81 bits per heavy atom. The average molecular weight is 218 g/mol. The lowest BCUT2D eigenvalue weighted by molar-refractivity contribution is 0.416. The number of nitrogens with zero attached hydrogens (tertiary/aromatic N) is 1. The smallest absolute Gasteiger partial charge is 0.198 e. The highest BCUT2D eigenvalue weighted by atomic mass is 16.5. The summed E-state index contributed by atoms with van der Waals surface area (Å²) in [5.41, 5.74) is 7.50. The second-order valence-electron chi connectivity index (χ2n) is 3.62. The van der Waals surface area contributed by atoms with Crippen LogP contribution in [0.1, 0.15) is 17.2 Å². The number of rotatable bonds is 3. The molecule has 4 heteroatoms. The predicted octanol–water partition coefficient (Wildman–Crippen LogP) is 2.16. The van der Waals surface area contributed by atoms with E-state index in [9.17, 15) is 0 Å². The minimum atomic E-state index is 0.628. The molecule has 1 aromatic carbocycles. The molecule has 0 bridgehead atoms. The van der Waals surface area contributed by atoms with Crippen molar-refractivity contribution >= 4 is 5.69 Å². The summed E-state index contributed by atoms with van der Waals surface area (Å²) in [6.07, 6.45) is 2.35. The van der Waals surface area contributed by atoms with E-state index in [2.05, 4.69) is 4.98 Å². The molecule has 0 amide bonds. The molecule has 2 rings (SSSR count). The Hall–Kier alpha value is -1.97. The highest BCUT2D eigenvalue weighted by Crippen LogP contribution is 2.23. The third kappa shape index (κ3) is 2.16. The van der Waals surface area contributed by atoms with Crippen LogP contribution in [-0.4, -0.2) is 12.1 Å². The van der Waals surface area contributed by atoms with Crippen molar-refractivity contribution < 1.29 is 9.15 Å². The number of nitrogen functional groups attached to an aromatic ring is 1. The second kappa shape index (κ2) is 4.26. The zero-order chi connectivity index (χ0) is 11.5. The number of oxazole rings is 1. The number of aryl methyl sites for hydroxylation is 1. The summed E-state index contributed by atoms with van der Waals surface area (Å²) in [7, 11) is 1.60. The van der Waals surface area contributed by atoms with Crippen LogP contribution >= 0.6 is 0 Å². The fraction of sp³-hybridized carbons (Fsp3) is 0.250. The van der Waals surface area contributed by atoms with Gasteiger partial charge in [0.05, 0.1) is 19.0 Å². The van der Waals surface area contributed by atoms with Crippen molar-refractivity contribution in [1.82, 2.24) is 4.98 Å². The fourth-order valence-corrected chi connectivity index (χ4v) is 1.55. The molecule has 0 saturated carbocycles. The molecule has 0 radical (unpaired) electrons. The average Bonchev–Trinajstić information content (AvgIpc) is 2.64. The van der Waals surface area contributed by atoms with Gasteiger partial charge in [-0.3, -0.25) is 0 Å². The van der Waals surface area contributed by atoms with E-state index in [1.807, 2.05) is 25.1 Å². The van der Waals surface area contributed by atoms with Gasteiger partial charge in [-0.1, -0.05) is 6.07 Å². The number of nitrogens with two attached hydrogens (primary N) is 1. The first kappa shape index (κ1) is 10.5. The van der Waals surface area contributed by atoms with Gasteiger partial charge in [0, 0.05) is 6.42 Å². The van der Waals surface area contributed by atoms with E-state index in [0.29, 0.717) is 23.7 Å². The molecule has 0 aliphatic heterocycles. The van der Waals surface area contributed by atoms with Crippen LogP contribution in [0.4, 0.5) is 5.69 Å². The largest absolute Gasteiger partial charge is 0.495 e. The van der Waals surface area contributed by atoms with E-state index in [1.54, 1.807) is 13.3 Å². The van der Waals surface area contributed by atoms with Crippen LogP contribution in [0, 0.1) is 6.92 Å². The maximum absolute atomic E-state index is 5.81. The van der Waals surface area contributed by atoms with Crippen molar-refractivity contribution in [2.24, 2.45) is 0 Å². The van der Waals surface area contributed by atoms with Gasteiger partial charge in [0.1, 0.15) is 11.5 Å². The number of aromatic nitrogens is 1. The molecule has 1 aromatic heterocycles. The molecule has 0 aliphatic rings. The van der Waals surface area contributed by atoms with Crippen molar-refractivity contribution in [3.05, 3.63) is 41.6 Å². The molecule has 0 fully saturated rings. The van der Waals surface area contributed by atoms with Gasteiger partial charge in [-0.25, -0.2) is 4.98 Å². The van der Waals surface area contributed by atoms with Crippen molar-refractivity contribution in [2.75, 3.05) is 12.8 Å². The van der Waals surface area contributed by atoms with Gasteiger partial charge in [0.2, 0.25) is 0 Å². The zero-order valence-electron chi connectivity index (χ0n) is 9.36. The van der Waals surface area contributed by atoms with Crippen LogP contribution in [0.25, 0.3) is 0 Å². The molecule has 1 heterocycles. The summed E-state index contributed by atoms with van der Waals surface area (Å²) in [6.45, 7) is 1.87. The minimum Gasteiger partial charge on any atom is -0.495 e. The summed E-state index contributed by atoms with van der Waals surface area (Å²) in [6, 6.07) is 5.67. The molecule has 0 saturated heterocycles. The summed E-state index contributed by atoms with van der Waals surface area (Å²) < 4.78 is 10.5. The van der Waals surface area contributed by atoms with E-state index < -0.39 is 0 Å². The molecule has 84 valence electrons. The van der Waals surface area contributed by atoms with Gasteiger partial charge >= 0.3 is 0 Å². The molecule has 4 nitrogen and oxygen atoms in total. The van der Waals surface area contributed by atoms with Gasteiger partial charge in [-0.2, -0.15) is 0 Å². The van der Waals surface area contributed by atoms with E-state index in [4.69, 9.17) is 14.9 Å². The van der Waals surface area contributed by atoms with Crippen molar-refractivity contribution in [3.63, 3.8) is 0 Å². The van der Waals surface area contributed by atoms with Gasteiger partial charge in [-0.15, -0.1) is 0 Å². The highest BCUT2D eigenvalue weighted by molar-refractivity contribution is 5.54. The van der Waals surface area contributed by atoms with Crippen LogP contribution < -0.4 is 10.5 Å². The zero-order valence-corrected chi connectivity index (χ0v) is 9.36. The number of benzene rings is 1. The first-order chi connectivity index (χ1) is 7.69. The quantitative estimate of drug-likeness (QED) is 0.802. The third-order valence-electron chi connectivity index (χ3n) is 2.32. The molecule has 0 aliphatic carbocycles. The van der Waals surface area contributed by atoms with Crippen molar-refractivity contribution in [2.45, 2.75) is 13.3 Å². The number of ether oxygens (including phenoxy) is 1. The Bertz CT molecular complexity index is 492. The summed E-state index contributed by atoms with van der Waals surface area (Å²) in [5, 5.41) is 0. The van der Waals surface area contributed by atoms with Crippen LogP contribution in [-0.2, 0) is 6.42 Å². The Morgan fingerprint density at radius 1 is 1.44 bits per heavy atom. The van der Waals surface area contributed by atoms with E-state index >= 15 is 0 Å². The second-order valence-corrected chi connectivity index (χ2v) is 3.62. The first-order valence-corrected chi connectivity index (χ1v) is 5.02. The number of hydrogen-bond acceptors (Lipinski definition) is 4. The lowest BCUT2D eigenvalue weighted by atomic mass is 10.1. The van der Waals surface area contributed by atoms with Gasteiger partial charge < -0.3 is 14.9 Å².